The van der Waals surface area contributed by atoms with E-state index in [9.17, 15) is 4.79 Å². The molecule has 1 aliphatic rings. The van der Waals surface area contributed by atoms with Crippen LogP contribution < -0.4 is 10.3 Å². The first-order valence-electron chi connectivity index (χ1n) is 12.8. The van der Waals surface area contributed by atoms with Gasteiger partial charge in [-0.1, -0.05) is 48.5 Å². The normalized spacial score (nSPS) is 14.3. The molecule has 1 aliphatic heterocycles. The van der Waals surface area contributed by atoms with Crippen LogP contribution in [0.4, 0.5) is 5.69 Å². The third kappa shape index (κ3) is 5.81. The van der Waals surface area contributed by atoms with Crippen molar-refractivity contribution in [3.05, 3.63) is 119 Å². The van der Waals surface area contributed by atoms with Gasteiger partial charge in [0.05, 0.1) is 6.21 Å². The van der Waals surface area contributed by atoms with E-state index in [-0.39, 0.29) is 5.91 Å². The van der Waals surface area contributed by atoms with Gasteiger partial charge in [-0.05, 0) is 61.9 Å². The molecule has 2 heterocycles. The molecular formula is C31H33N5O. The molecule has 0 unspecified atom stereocenters. The summed E-state index contributed by atoms with van der Waals surface area (Å²) in [5, 5.41) is 4.22. The maximum atomic E-state index is 12.6. The summed E-state index contributed by atoms with van der Waals surface area (Å²) in [6.45, 7) is 9.11. The van der Waals surface area contributed by atoms with E-state index in [1.807, 2.05) is 42.5 Å². The van der Waals surface area contributed by atoms with Crippen molar-refractivity contribution in [2.45, 2.75) is 20.4 Å². The Labute approximate surface area is 218 Å². The van der Waals surface area contributed by atoms with Gasteiger partial charge < -0.3 is 9.47 Å². The van der Waals surface area contributed by atoms with Gasteiger partial charge in [0.1, 0.15) is 0 Å². The van der Waals surface area contributed by atoms with Crippen molar-refractivity contribution in [2.24, 2.45) is 5.10 Å². The Morgan fingerprint density at radius 2 is 1.46 bits per heavy atom. The third-order valence-corrected chi connectivity index (χ3v) is 6.97. The lowest BCUT2D eigenvalue weighted by atomic mass is 10.1. The van der Waals surface area contributed by atoms with E-state index in [0.29, 0.717) is 5.56 Å². The summed E-state index contributed by atoms with van der Waals surface area (Å²) in [6.07, 6.45) is 1.71. The first-order chi connectivity index (χ1) is 18.1. The Morgan fingerprint density at radius 3 is 2.11 bits per heavy atom. The summed E-state index contributed by atoms with van der Waals surface area (Å²) in [4.78, 5) is 17.5. The predicted octanol–water partition coefficient (Wildman–Crippen LogP) is 5.18. The van der Waals surface area contributed by atoms with E-state index < -0.39 is 0 Å². The zero-order valence-corrected chi connectivity index (χ0v) is 21.5. The minimum Gasteiger partial charge on any atom is -0.369 e. The molecule has 0 spiro atoms. The minimum absolute atomic E-state index is 0.212. The number of aryl methyl sites for hydroxylation is 1. The Balaban J connectivity index is 1.14. The number of carbonyl (C=O) groups is 1. The summed E-state index contributed by atoms with van der Waals surface area (Å²) < 4.78 is 2.18. The van der Waals surface area contributed by atoms with Crippen LogP contribution in [0.5, 0.6) is 0 Å². The molecule has 1 N–H and O–H groups in total. The second-order valence-corrected chi connectivity index (χ2v) is 9.49. The number of hydrogen-bond acceptors (Lipinski definition) is 4. The number of carbonyl (C=O) groups excluding carboxylic acids is 1. The van der Waals surface area contributed by atoms with Crippen molar-refractivity contribution in [3.63, 3.8) is 0 Å². The van der Waals surface area contributed by atoms with E-state index in [0.717, 1.165) is 55.4 Å². The fourth-order valence-corrected chi connectivity index (χ4v) is 4.94. The van der Waals surface area contributed by atoms with Crippen molar-refractivity contribution in [2.75, 3.05) is 31.1 Å². The van der Waals surface area contributed by atoms with Crippen LogP contribution in [0.15, 0.2) is 96.1 Å². The number of rotatable bonds is 7. The molecule has 0 aliphatic carbocycles. The molecule has 1 amide bonds. The highest BCUT2D eigenvalue weighted by molar-refractivity contribution is 5.95. The van der Waals surface area contributed by atoms with Crippen LogP contribution in [0.3, 0.4) is 0 Å². The molecule has 0 radical (unpaired) electrons. The number of piperazine rings is 1. The molecule has 37 heavy (non-hydrogen) atoms. The summed E-state index contributed by atoms with van der Waals surface area (Å²) in [5.74, 6) is -0.212. The average molecular weight is 492 g/mol. The van der Waals surface area contributed by atoms with Crippen LogP contribution in [-0.4, -0.2) is 47.8 Å². The lowest BCUT2D eigenvalue weighted by molar-refractivity contribution is 0.0955. The molecule has 0 atom stereocenters. The fourth-order valence-electron chi connectivity index (χ4n) is 4.94. The molecular weight excluding hydrogens is 458 g/mol. The van der Waals surface area contributed by atoms with Crippen molar-refractivity contribution < 1.29 is 4.79 Å². The number of hydrogen-bond donors (Lipinski definition) is 1. The molecule has 1 fully saturated rings. The zero-order chi connectivity index (χ0) is 25.6. The molecule has 4 aromatic rings. The average Bonchev–Trinajstić information content (AvgIpc) is 3.23. The zero-order valence-electron chi connectivity index (χ0n) is 21.5. The summed E-state index contributed by atoms with van der Waals surface area (Å²) >= 11 is 0. The Bertz CT molecular complexity index is 1350. The molecule has 6 nitrogen and oxygen atoms in total. The van der Waals surface area contributed by atoms with E-state index in [4.69, 9.17) is 0 Å². The lowest BCUT2D eigenvalue weighted by Crippen LogP contribution is -2.45. The van der Waals surface area contributed by atoms with Crippen molar-refractivity contribution in [3.8, 4) is 5.69 Å². The van der Waals surface area contributed by atoms with Crippen LogP contribution in [0.25, 0.3) is 5.69 Å². The Kier molecular flexibility index (Phi) is 7.47. The van der Waals surface area contributed by atoms with Crippen LogP contribution >= 0.6 is 0 Å². The van der Waals surface area contributed by atoms with Crippen molar-refractivity contribution in [1.29, 1.82) is 0 Å². The first kappa shape index (κ1) is 24.5. The van der Waals surface area contributed by atoms with Gasteiger partial charge in [0.15, 0.2) is 0 Å². The molecule has 3 aromatic carbocycles. The summed E-state index contributed by atoms with van der Waals surface area (Å²) in [6, 6.07) is 30.7. The second kappa shape index (κ2) is 11.3. The monoisotopic (exact) mass is 491 g/mol. The van der Waals surface area contributed by atoms with Gasteiger partial charge in [0.25, 0.3) is 5.91 Å². The van der Waals surface area contributed by atoms with E-state index >= 15 is 0 Å². The van der Waals surface area contributed by atoms with Gasteiger partial charge in [-0.3, -0.25) is 9.69 Å². The van der Waals surface area contributed by atoms with E-state index in [1.54, 1.807) is 6.21 Å². The summed E-state index contributed by atoms with van der Waals surface area (Å²) in [5.41, 5.74) is 10.1. The maximum absolute atomic E-state index is 12.6. The van der Waals surface area contributed by atoms with Gasteiger partial charge in [-0.25, -0.2) is 5.43 Å². The minimum atomic E-state index is -0.212. The fraction of sp³-hybridized carbons (Fsp3) is 0.226. The number of anilines is 1. The number of amides is 1. The second-order valence-electron chi connectivity index (χ2n) is 9.49. The molecule has 0 bridgehead atoms. The van der Waals surface area contributed by atoms with Crippen molar-refractivity contribution >= 4 is 17.8 Å². The highest BCUT2D eigenvalue weighted by Crippen LogP contribution is 2.20. The molecule has 188 valence electrons. The van der Waals surface area contributed by atoms with Gasteiger partial charge >= 0.3 is 0 Å². The molecule has 1 saturated heterocycles. The lowest BCUT2D eigenvalue weighted by Gasteiger charge is -2.36. The van der Waals surface area contributed by atoms with Crippen LogP contribution in [0.2, 0.25) is 0 Å². The Hall–Kier alpha value is -4.16. The number of nitrogens with one attached hydrogen (secondary N) is 1. The number of aromatic nitrogens is 1. The third-order valence-electron chi connectivity index (χ3n) is 6.97. The topological polar surface area (TPSA) is 52.9 Å². The van der Waals surface area contributed by atoms with Crippen molar-refractivity contribution in [1.82, 2.24) is 14.9 Å². The number of para-hydroxylation sites is 2. The molecule has 5 rings (SSSR count). The van der Waals surface area contributed by atoms with Gasteiger partial charge in [0, 0.05) is 66.6 Å². The maximum Gasteiger partial charge on any atom is 0.271 e. The standard InChI is InChI=1S/C31H33N5O/c1-24-21-28(25(2)36(24)30-11-7-4-8-12-30)22-32-33-31(37)27-15-13-26(14-16-27)23-34-17-19-35(20-18-34)29-9-5-3-6-10-29/h3-16,21-22H,17-20,23H2,1-2H3,(H,33,37)/b32-22-. The number of nitrogens with zero attached hydrogens (tertiary/aromatic N) is 4. The number of benzene rings is 3. The van der Waals surface area contributed by atoms with E-state index in [2.05, 4.69) is 87.3 Å². The predicted molar refractivity (Wildman–Crippen MR) is 151 cm³/mol. The molecule has 0 saturated carbocycles. The van der Waals surface area contributed by atoms with Crippen LogP contribution in [0, 0.1) is 13.8 Å². The van der Waals surface area contributed by atoms with Gasteiger partial charge in [-0.15, -0.1) is 0 Å². The highest BCUT2D eigenvalue weighted by atomic mass is 16.2. The SMILES string of the molecule is Cc1cc(/C=N\NC(=O)c2ccc(CN3CCN(c4ccccc4)CC3)cc2)c(C)n1-c1ccccc1. The quantitative estimate of drug-likeness (QED) is 0.286. The smallest absolute Gasteiger partial charge is 0.271 e. The molecule has 6 heteroatoms. The van der Waals surface area contributed by atoms with Gasteiger partial charge in [0.2, 0.25) is 0 Å². The Morgan fingerprint density at radius 1 is 0.838 bits per heavy atom. The highest BCUT2D eigenvalue weighted by Gasteiger charge is 2.17. The van der Waals surface area contributed by atoms with E-state index in [1.165, 1.54) is 11.3 Å². The number of hydrazone groups is 1. The molecule has 1 aromatic heterocycles. The first-order valence-corrected chi connectivity index (χ1v) is 12.8. The van der Waals surface area contributed by atoms with Crippen LogP contribution in [0.1, 0.15) is 32.9 Å². The summed E-state index contributed by atoms with van der Waals surface area (Å²) in [7, 11) is 0. The van der Waals surface area contributed by atoms with Crippen LogP contribution in [-0.2, 0) is 6.54 Å². The largest absolute Gasteiger partial charge is 0.369 e. The van der Waals surface area contributed by atoms with Gasteiger partial charge in [-0.2, -0.15) is 5.10 Å².